The summed E-state index contributed by atoms with van der Waals surface area (Å²) in [5.74, 6) is -0.714. The number of hydrogen-bond acceptors (Lipinski definition) is 3. The van der Waals surface area contributed by atoms with Gasteiger partial charge in [-0.25, -0.2) is 4.39 Å². The number of carbonyl (C=O) groups is 2. The predicted octanol–water partition coefficient (Wildman–Crippen LogP) is 3.61. The maximum atomic E-state index is 12.9. The van der Waals surface area contributed by atoms with Gasteiger partial charge in [-0.15, -0.1) is 0 Å². The van der Waals surface area contributed by atoms with Crippen LogP contribution in [0.1, 0.15) is 30.1 Å². The van der Waals surface area contributed by atoms with Gasteiger partial charge < -0.3 is 15.0 Å². The molecule has 0 saturated carbocycles. The summed E-state index contributed by atoms with van der Waals surface area (Å²) in [5, 5.41) is 2.77. The molecule has 0 radical (unpaired) electrons. The van der Waals surface area contributed by atoms with Crippen LogP contribution in [0.2, 0.25) is 0 Å². The molecule has 2 aromatic carbocycles. The third kappa shape index (κ3) is 4.26. The van der Waals surface area contributed by atoms with Crippen molar-refractivity contribution in [1.29, 1.82) is 0 Å². The molecule has 136 valence electrons. The normalized spacial score (nSPS) is 14.7. The minimum Gasteiger partial charge on any atom is -0.381 e. The van der Waals surface area contributed by atoms with Gasteiger partial charge in [-0.3, -0.25) is 9.59 Å². The lowest BCUT2D eigenvalue weighted by Crippen LogP contribution is -2.42. The number of carbonyl (C=O) groups excluding carboxylic acids is 2. The van der Waals surface area contributed by atoms with Crippen LogP contribution in [-0.4, -0.2) is 31.1 Å². The molecule has 0 atom stereocenters. The lowest BCUT2D eigenvalue weighted by atomic mass is 10.1. The summed E-state index contributed by atoms with van der Waals surface area (Å²) in [6.45, 7) is 2.86. The zero-order valence-corrected chi connectivity index (χ0v) is 14.6. The Labute approximate surface area is 151 Å². The van der Waals surface area contributed by atoms with Gasteiger partial charge in [0.2, 0.25) is 5.91 Å². The number of nitrogens with one attached hydrogen (secondary N) is 1. The van der Waals surface area contributed by atoms with E-state index in [2.05, 4.69) is 5.32 Å². The molecule has 6 heteroatoms. The van der Waals surface area contributed by atoms with Gasteiger partial charge in [0.05, 0.1) is 0 Å². The Hall–Kier alpha value is -2.73. The van der Waals surface area contributed by atoms with Crippen molar-refractivity contribution < 1.29 is 18.7 Å². The second kappa shape index (κ2) is 8.10. The molecule has 2 aromatic rings. The minimum absolute atomic E-state index is 0.0139. The predicted molar refractivity (Wildman–Crippen MR) is 97.8 cm³/mol. The van der Waals surface area contributed by atoms with Crippen LogP contribution in [0.25, 0.3) is 0 Å². The lowest BCUT2D eigenvalue weighted by molar-refractivity contribution is -0.117. The van der Waals surface area contributed by atoms with E-state index < -0.39 is 0 Å². The summed E-state index contributed by atoms with van der Waals surface area (Å²) in [4.78, 5) is 26.1. The smallest absolute Gasteiger partial charge is 0.255 e. The molecule has 0 aliphatic carbocycles. The Bertz CT molecular complexity index is 769. The van der Waals surface area contributed by atoms with Crippen molar-refractivity contribution in [3.8, 4) is 0 Å². The summed E-state index contributed by atoms with van der Waals surface area (Å²) in [6.07, 6.45) is 1.62. The average molecular weight is 356 g/mol. The van der Waals surface area contributed by atoms with Gasteiger partial charge in [0.25, 0.3) is 5.91 Å². The van der Waals surface area contributed by atoms with Crippen molar-refractivity contribution in [3.63, 3.8) is 0 Å². The van der Waals surface area contributed by atoms with Crippen molar-refractivity contribution in [1.82, 2.24) is 0 Å². The first-order valence-corrected chi connectivity index (χ1v) is 8.59. The molecule has 3 rings (SSSR count). The van der Waals surface area contributed by atoms with E-state index in [1.54, 1.807) is 24.0 Å². The molecule has 0 aromatic heterocycles. The lowest BCUT2D eigenvalue weighted by Gasteiger charge is -2.33. The van der Waals surface area contributed by atoms with E-state index >= 15 is 0 Å². The zero-order chi connectivity index (χ0) is 18.5. The largest absolute Gasteiger partial charge is 0.381 e. The fourth-order valence-corrected chi connectivity index (χ4v) is 3.10. The number of amides is 2. The topological polar surface area (TPSA) is 58.6 Å². The standard InChI is InChI=1S/C20H21FN2O3/c1-14(24)23(19-10-12-26-13-11-19)18-8-6-17(7-9-18)22-20(25)15-2-4-16(21)5-3-15/h2-9,19H,10-13H2,1H3,(H,22,25). The number of hydrogen-bond donors (Lipinski definition) is 1. The Morgan fingerprint density at radius 2 is 1.65 bits per heavy atom. The summed E-state index contributed by atoms with van der Waals surface area (Å²) in [6, 6.07) is 12.6. The molecular formula is C20H21FN2O3. The van der Waals surface area contributed by atoms with Crippen LogP contribution in [0.5, 0.6) is 0 Å². The number of rotatable bonds is 4. The first-order valence-electron chi connectivity index (χ1n) is 8.59. The highest BCUT2D eigenvalue weighted by molar-refractivity contribution is 6.04. The van der Waals surface area contributed by atoms with E-state index in [9.17, 15) is 14.0 Å². The minimum atomic E-state index is -0.386. The molecule has 5 nitrogen and oxygen atoms in total. The molecular weight excluding hydrogens is 335 g/mol. The summed E-state index contributed by atoms with van der Waals surface area (Å²) in [5.41, 5.74) is 1.78. The van der Waals surface area contributed by atoms with Crippen molar-refractivity contribution in [2.24, 2.45) is 0 Å². The maximum absolute atomic E-state index is 12.9. The van der Waals surface area contributed by atoms with E-state index in [4.69, 9.17) is 4.74 Å². The van der Waals surface area contributed by atoms with Crippen LogP contribution in [0.4, 0.5) is 15.8 Å². The first-order chi connectivity index (χ1) is 12.5. The fourth-order valence-electron chi connectivity index (χ4n) is 3.10. The van der Waals surface area contributed by atoms with Gasteiger partial charge in [0, 0.05) is 43.1 Å². The van der Waals surface area contributed by atoms with E-state index in [-0.39, 0.29) is 23.7 Å². The van der Waals surface area contributed by atoms with Crippen molar-refractivity contribution >= 4 is 23.2 Å². The molecule has 0 unspecified atom stereocenters. The maximum Gasteiger partial charge on any atom is 0.255 e. The van der Waals surface area contributed by atoms with E-state index in [1.165, 1.54) is 24.3 Å². The third-order valence-electron chi connectivity index (χ3n) is 4.40. The number of anilines is 2. The van der Waals surface area contributed by atoms with Crippen molar-refractivity contribution in [2.75, 3.05) is 23.4 Å². The Morgan fingerprint density at radius 3 is 2.23 bits per heavy atom. The van der Waals surface area contributed by atoms with Crippen LogP contribution in [0, 0.1) is 5.82 Å². The van der Waals surface area contributed by atoms with E-state index in [0.717, 1.165) is 18.5 Å². The molecule has 1 heterocycles. The first kappa shape index (κ1) is 18.1. The van der Waals surface area contributed by atoms with Gasteiger partial charge in [0.15, 0.2) is 0 Å². The summed E-state index contributed by atoms with van der Waals surface area (Å²) < 4.78 is 18.3. The van der Waals surface area contributed by atoms with Crippen LogP contribution in [0.15, 0.2) is 48.5 Å². The summed E-state index contributed by atoms with van der Waals surface area (Å²) in [7, 11) is 0. The summed E-state index contributed by atoms with van der Waals surface area (Å²) >= 11 is 0. The molecule has 1 N–H and O–H groups in total. The number of ether oxygens (including phenoxy) is 1. The zero-order valence-electron chi connectivity index (χ0n) is 14.6. The van der Waals surface area contributed by atoms with Crippen molar-refractivity contribution in [3.05, 3.63) is 59.9 Å². The highest BCUT2D eigenvalue weighted by Crippen LogP contribution is 2.25. The Morgan fingerprint density at radius 1 is 1.04 bits per heavy atom. The number of benzene rings is 2. The molecule has 0 spiro atoms. The van der Waals surface area contributed by atoms with Gasteiger partial charge in [-0.1, -0.05) is 0 Å². The highest BCUT2D eigenvalue weighted by atomic mass is 19.1. The van der Waals surface area contributed by atoms with Crippen LogP contribution in [-0.2, 0) is 9.53 Å². The van der Waals surface area contributed by atoms with E-state index in [1.807, 2.05) is 12.1 Å². The molecule has 26 heavy (non-hydrogen) atoms. The van der Waals surface area contributed by atoms with E-state index in [0.29, 0.717) is 24.5 Å². The Balaban J connectivity index is 1.71. The van der Waals surface area contributed by atoms with Gasteiger partial charge in [0.1, 0.15) is 5.82 Å². The fraction of sp³-hybridized carbons (Fsp3) is 0.300. The van der Waals surface area contributed by atoms with Crippen LogP contribution in [0.3, 0.4) is 0 Å². The monoisotopic (exact) mass is 356 g/mol. The molecule has 1 saturated heterocycles. The van der Waals surface area contributed by atoms with Gasteiger partial charge >= 0.3 is 0 Å². The van der Waals surface area contributed by atoms with Crippen LogP contribution >= 0.6 is 0 Å². The van der Waals surface area contributed by atoms with Gasteiger partial charge in [-0.05, 0) is 61.4 Å². The Kier molecular flexibility index (Phi) is 5.63. The molecule has 0 bridgehead atoms. The van der Waals surface area contributed by atoms with Gasteiger partial charge in [-0.2, -0.15) is 0 Å². The molecule has 1 aliphatic heterocycles. The average Bonchev–Trinajstić information content (AvgIpc) is 2.64. The van der Waals surface area contributed by atoms with Crippen molar-refractivity contribution in [2.45, 2.75) is 25.8 Å². The molecule has 2 amide bonds. The number of halogens is 1. The highest BCUT2D eigenvalue weighted by Gasteiger charge is 2.24. The molecule has 1 aliphatic rings. The second-order valence-corrected chi connectivity index (χ2v) is 6.24. The third-order valence-corrected chi connectivity index (χ3v) is 4.40. The SMILES string of the molecule is CC(=O)N(c1ccc(NC(=O)c2ccc(F)cc2)cc1)C1CCOCC1. The number of nitrogens with zero attached hydrogens (tertiary/aromatic N) is 1. The molecule has 1 fully saturated rings. The quantitative estimate of drug-likeness (QED) is 0.910. The second-order valence-electron chi connectivity index (χ2n) is 6.24. The van der Waals surface area contributed by atoms with Crippen LogP contribution < -0.4 is 10.2 Å².